The molecular weight excluding hydrogens is 543 g/mol. The van der Waals surface area contributed by atoms with Crippen LogP contribution >= 0.6 is 7.26 Å². The lowest BCUT2D eigenvalue weighted by Crippen LogP contribution is -2.30. The molecule has 0 N–H and O–H groups in total. The Hall–Kier alpha value is -0.100. The average molecular weight is 627 g/mol. The highest BCUT2D eigenvalue weighted by molar-refractivity contribution is 7.75. The van der Waals surface area contributed by atoms with Gasteiger partial charge < -0.3 is 9.90 Å². The Morgan fingerprint density at radius 2 is 0.674 bits per heavy atom. The zero-order chi connectivity index (χ0) is 32.3. The molecule has 0 aromatic rings. The van der Waals surface area contributed by atoms with E-state index < -0.39 is 13.2 Å². The van der Waals surface area contributed by atoms with Crippen molar-refractivity contribution in [3.05, 3.63) is 0 Å². The van der Waals surface area contributed by atoms with Crippen molar-refractivity contribution in [1.29, 1.82) is 0 Å². The van der Waals surface area contributed by atoms with Crippen molar-refractivity contribution in [2.45, 2.75) is 221 Å². The van der Waals surface area contributed by atoms with Crippen LogP contribution in [0, 0.1) is 5.92 Å². The van der Waals surface area contributed by atoms with Crippen LogP contribution in [0.2, 0.25) is 0 Å². The first-order valence-electron chi connectivity index (χ1n) is 20.0. The van der Waals surface area contributed by atoms with E-state index in [1.54, 1.807) is 50.3 Å². The summed E-state index contributed by atoms with van der Waals surface area (Å²) in [5.41, 5.74) is 0. The minimum absolute atomic E-state index is 0.222. The first kappa shape index (κ1) is 45.0. The van der Waals surface area contributed by atoms with Crippen molar-refractivity contribution >= 4 is 13.2 Å². The number of carboxylic acids is 1. The summed E-state index contributed by atoms with van der Waals surface area (Å²) >= 11 is 0. The van der Waals surface area contributed by atoms with Gasteiger partial charge in [-0.15, -0.1) is 0 Å². The van der Waals surface area contributed by atoms with Gasteiger partial charge in [0, 0.05) is 13.2 Å². The Labute approximate surface area is 274 Å². The second-order valence-electron chi connectivity index (χ2n) is 13.9. The normalized spacial score (nSPS) is 12.2. The van der Waals surface area contributed by atoms with E-state index in [-0.39, 0.29) is 5.92 Å². The summed E-state index contributed by atoms with van der Waals surface area (Å²) in [7, 11) is -0.697. The van der Waals surface area contributed by atoms with E-state index in [4.69, 9.17) is 0 Å². The van der Waals surface area contributed by atoms with Gasteiger partial charge in [-0.05, 0) is 70.1 Å². The van der Waals surface area contributed by atoms with E-state index in [2.05, 4.69) is 34.6 Å². The molecule has 0 amide bonds. The summed E-state index contributed by atoms with van der Waals surface area (Å²) in [6.45, 7) is 13.4. The third kappa shape index (κ3) is 31.7. The highest BCUT2D eigenvalue weighted by atomic mass is 31.2. The molecule has 43 heavy (non-hydrogen) atoms. The lowest BCUT2D eigenvalue weighted by atomic mass is 10.00. The lowest BCUT2D eigenvalue weighted by Gasteiger charge is -2.28. The van der Waals surface area contributed by atoms with Gasteiger partial charge in [-0.25, -0.2) is 0 Å². The Kier molecular flexibility index (Phi) is 38.1. The van der Waals surface area contributed by atoms with Gasteiger partial charge in [-0.2, -0.15) is 0 Å². The second kappa shape index (κ2) is 36.4. The summed E-state index contributed by atoms with van der Waals surface area (Å²) in [6, 6.07) is 0. The molecule has 3 heteroatoms. The molecule has 0 aliphatic carbocycles. The van der Waals surface area contributed by atoms with Crippen molar-refractivity contribution in [1.82, 2.24) is 0 Å². The summed E-state index contributed by atoms with van der Waals surface area (Å²) in [5, 5.41) is 10.3. The molecule has 0 radical (unpaired) electrons. The molecule has 0 bridgehead atoms. The lowest BCUT2D eigenvalue weighted by molar-refractivity contribution is -0.311. The maximum Gasteiger partial charge on any atom is 0.0594 e. The van der Waals surface area contributed by atoms with E-state index in [1.807, 2.05) is 6.92 Å². The number of hydrogen-bond acceptors (Lipinski definition) is 2. The van der Waals surface area contributed by atoms with Gasteiger partial charge in [-0.1, -0.05) is 157 Å². The van der Waals surface area contributed by atoms with E-state index in [9.17, 15) is 9.90 Å². The van der Waals surface area contributed by atoms with E-state index in [1.165, 1.54) is 128 Å². The fraction of sp³-hybridized carbons (Fsp3) is 0.975. The number of rotatable bonds is 33. The average Bonchev–Trinajstić information content (AvgIpc) is 3.01. The van der Waals surface area contributed by atoms with Crippen LogP contribution in [0.25, 0.3) is 0 Å². The van der Waals surface area contributed by atoms with Crippen LogP contribution in [0.5, 0.6) is 0 Å². The quantitative estimate of drug-likeness (QED) is 0.0537. The molecule has 0 spiro atoms. The number of carbonyl (C=O) groups excluding carboxylic acids is 1. The monoisotopic (exact) mass is 627 g/mol. The van der Waals surface area contributed by atoms with Crippen molar-refractivity contribution in [3.8, 4) is 0 Å². The third-order valence-electron chi connectivity index (χ3n) is 9.68. The van der Waals surface area contributed by atoms with E-state index in [0.29, 0.717) is 6.42 Å². The summed E-state index contributed by atoms with van der Waals surface area (Å²) in [4.78, 5) is 10.3. The Morgan fingerprint density at radius 1 is 0.419 bits per heavy atom. The fourth-order valence-electron chi connectivity index (χ4n) is 6.52. The van der Waals surface area contributed by atoms with E-state index >= 15 is 0 Å². The highest BCUT2D eigenvalue weighted by Gasteiger charge is 2.34. The van der Waals surface area contributed by atoms with Crippen LogP contribution in [0.3, 0.4) is 0 Å². The topological polar surface area (TPSA) is 40.1 Å². The number of carboxylic acid groups (broad SMARTS) is 1. The Morgan fingerprint density at radius 3 is 0.930 bits per heavy atom. The number of aliphatic carboxylic acids is 1. The standard InChI is InChI=1S/C32H68P.C8H16O2/c1-5-9-13-17-18-19-20-21-22-23-24-28-32-33(29-25-14-10-6-2,30-26-15-11-7-3)31-27-16-12-8-4;1-3-5-6-7(4-2)8(9)10/h5-32H2,1-4H3;7H,3-6H2,1-2H3,(H,9,10)/q+1;/p-1. The number of hydrogen-bond donors (Lipinski definition) is 0. The molecule has 1 atom stereocenters. The number of carbonyl (C=O) groups is 1. The Bertz CT molecular complexity index is 503. The molecule has 0 aliphatic heterocycles. The van der Waals surface area contributed by atoms with Crippen LogP contribution in [-0.4, -0.2) is 30.6 Å². The molecule has 2 nitrogen and oxygen atoms in total. The van der Waals surface area contributed by atoms with Crippen molar-refractivity contribution in [2.75, 3.05) is 24.6 Å². The van der Waals surface area contributed by atoms with Gasteiger partial charge in [0.2, 0.25) is 0 Å². The highest BCUT2D eigenvalue weighted by Crippen LogP contribution is 2.61. The fourth-order valence-corrected chi connectivity index (χ4v) is 11.4. The van der Waals surface area contributed by atoms with Crippen LogP contribution in [0.4, 0.5) is 0 Å². The van der Waals surface area contributed by atoms with Crippen LogP contribution in [-0.2, 0) is 4.79 Å². The van der Waals surface area contributed by atoms with Gasteiger partial charge in [0.25, 0.3) is 0 Å². The second-order valence-corrected chi connectivity index (χ2v) is 18.3. The molecule has 0 heterocycles. The van der Waals surface area contributed by atoms with Crippen molar-refractivity contribution < 1.29 is 9.90 Å². The molecular formula is C40H83O2P. The minimum Gasteiger partial charge on any atom is -0.550 e. The molecule has 0 aliphatic rings. The SMILES string of the molecule is CCCCC(CC)C(=O)[O-].CCCCCCCCCCCCCC[P+](CCCCCC)(CCCCCC)CCCCCC. The summed E-state index contributed by atoms with van der Waals surface area (Å²) in [5.74, 6) is -1.11. The molecule has 0 rings (SSSR count). The molecule has 0 saturated heterocycles. The predicted octanol–water partition coefficient (Wildman–Crippen LogP) is 13.4. The first-order valence-corrected chi connectivity index (χ1v) is 22.6. The summed E-state index contributed by atoms with van der Waals surface area (Å²) < 4.78 is 0. The van der Waals surface area contributed by atoms with Crippen molar-refractivity contribution in [3.63, 3.8) is 0 Å². The number of unbranched alkanes of at least 4 members (excludes halogenated alkanes) is 21. The minimum atomic E-state index is -0.893. The van der Waals surface area contributed by atoms with Gasteiger partial charge in [-0.3, -0.25) is 0 Å². The maximum atomic E-state index is 10.3. The van der Waals surface area contributed by atoms with E-state index in [0.717, 1.165) is 19.3 Å². The molecule has 260 valence electrons. The molecule has 0 saturated carbocycles. The summed E-state index contributed by atoms with van der Waals surface area (Å²) in [6.07, 6.45) is 45.6. The zero-order valence-corrected chi connectivity index (χ0v) is 31.9. The largest absolute Gasteiger partial charge is 0.550 e. The smallest absolute Gasteiger partial charge is 0.0594 e. The molecule has 0 aromatic heterocycles. The van der Waals surface area contributed by atoms with Crippen molar-refractivity contribution in [2.24, 2.45) is 5.92 Å². The first-order chi connectivity index (χ1) is 21.0. The maximum absolute atomic E-state index is 10.3. The zero-order valence-electron chi connectivity index (χ0n) is 31.0. The van der Waals surface area contributed by atoms with Gasteiger partial charge in [0.15, 0.2) is 0 Å². The molecule has 0 aromatic carbocycles. The van der Waals surface area contributed by atoms with Crippen LogP contribution in [0.15, 0.2) is 0 Å². The van der Waals surface area contributed by atoms with Gasteiger partial charge in [0.05, 0.1) is 24.6 Å². The predicted molar refractivity (Wildman–Crippen MR) is 198 cm³/mol. The third-order valence-corrected chi connectivity index (χ3v) is 14.7. The van der Waals surface area contributed by atoms with Gasteiger partial charge in [0.1, 0.15) is 0 Å². The Balaban J connectivity index is 0. The molecule has 1 unspecified atom stereocenters. The van der Waals surface area contributed by atoms with Crippen LogP contribution in [0.1, 0.15) is 221 Å². The van der Waals surface area contributed by atoms with Gasteiger partial charge >= 0.3 is 0 Å². The molecule has 0 fully saturated rings. The van der Waals surface area contributed by atoms with Crippen LogP contribution < -0.4 is 5.11 Å².